The van der Waals surface area contributed by atoms with Gasteiger partial charge in [0.2, 0.25) is 0 Å². The molecule has 0 radical (unpaired) electrons. The van der Waals surface area contributed by atoms with Crippen LogP contribution in [-0.2, 0) is 27.7 Å². The molecule has 0 fully saturated rings. The summed E-state index contributed by atoms with van der Waals surface area (Å²) in [6, 6.07) is 5.22. The Morgan fingerprint density at radius 1 is 1.24 bits per heavy atom. The molecule has 0 atom stereocenters. The molecule has 1 aromatic heterocycles. The molecule has 1 aliphatic heterocycles. The molecule has 10 heteroatoms. The first-order chi connectivity index (χ1) is 13.7. The van der Waals surface area contributed by atoms with Crippen molar-refractivity contribution < 1.29 is 22.7 Å². The highest BCUT2D eigenvalue weighted by atomic mass is 32.2. The van der Waals surface area contributed by atoms with Crippen LogP contribution in [-0.4, -0.2) is 45.5 Å². The van der Waals surface area contributed by atoms with E-state index in [0.717, 1.165) is 22.5 Å². The zero-order valence-corrected chi connectivity index (χ0v) is 18.1. The molecule has 2 amide bonds. The summed E-state index contributed by atoms with van der Waals surface area (Å²) in [7, 11) is -2.06. The average Bonchev–Trinajstić information content (AvgIpc) is 2.98. The van der Waals surface area contributed by atoms with Crippen molar-refractivity contribution in [1.29, 1.82) is 0 Å². The van der Waals surface area contributed by atoms with Gasteiger partial charge < -0.3 is 9.64 Å². The van der Waals surface area contributed by atoms with E-state index < -0.39 is 22.0 Å². The number of esters is 1. The van der Waals surface area contributed by atoms with E-state index in [0.29, 0.717) is 23.5 Å². The van der Waals surface area contributed by atoms with Gasteiger partial charge in [0.15, 0.2) is 0 Å². The second-order valence-electron chi connectivity index (χ2n) is 6.79. The number of thiophene rings is 1. The summed E-state index contributed by atoms with van der Waals surface area (Å²) >= 11 is 1.26. The normalized spacial score (nSPS) is 14.2. The van der Waals surface area contributed by atoms with Crippen molar-refractivity contribution in [3.63, 3.8) is 0 Å². The number of benzene rings is 1. The van der Waals surface area contributed by atoms with Crippen LogP contribution in [0, 0.1) is 6.92 Å². The minimum absolute atomic E-state index is 0.0176. The molecular weight excluding hydrogens is 414 g/mol. The molecule has 0 unspecified atom stereocenters. The monoisotopic (exact) mass is 437 g/mol. The first-order valence-corrected chi connectivity index (χ1v) is 11.4. The second-order valence-corrected chi connectivity index (χ2v) is 9.58. The third kappa shape index (κ3) is 4.77. The van der Waals surface area contributed by atoms with E-state index in [-0.39, 0.29) is 11.5 Å². The van der Waals surface area contributed by atoms with Crippen molar-refractivity contribution in [3.8, 4) is 0 Å². The van der Waals surface area contributed by atoms with Crippen LogP contribution in [0.4, 0.5) is 9.80 Å². The van der Waals surface area contributed by atoms with E-state index in [1.807, 2.05) is 18.7 Å². The molecule has 156 valence electrons. The van der Waals surface area contributed by atoms with E-state index in [4.69, 9.17) is 4.74 Å². The number of likely N-dealkylation sites (N-methyl/N-ethyl adjacent to an activating group) is 1. The zero-order chi connectivity index (χ0) is 21.2. The predicted molar refractivity (Wildman–Crippen MR) is 111 cm³/mol. The summed E-state index contributed by atoms with van der Waals surface area (Å²) in [5.41, 5.74) is 2.06. The standard InChI is InChI=1S/C19H23N3O5S2/c1-4-27-18(23)16-14-9-10-22(3)11-15(14)28-17(16)20-19(24)21-29(25,26)13-7-5-12(2)6-8-13/h5-8H,4,9-11H2,1-3H3,(H2,20,21,24). The number of fused-ring (bicyclic) bond motifs is 1. The number of nitrogens with one attached hydrogen (secondary N) is 2. The van der Waals surface area contributed by atoms with Gasteiger partial charge in [-0.15, -0.1) is 11.3 Å². The molecule has 8 nitrogen and oxygen atoms in total. The summed E-state index contributed by atoms with van der Waals surface area (Å²) < 4.78 is 32.0. The molecule has 2 N–H and O–H groups in total. The molecule has 29 heavy (non-hydrogen) atoms. The van der Waals surface area contributed by atoms with Gasteiger partial charge in [-0.3, -0.25) is 5.32 Å². The third-order valence-electron chi connectivity index (χ3n) is 4.51. The number of hydrogen-bond donors (Lipinski definition) is 2. The molecule has 0 saturated carbocycles. The van der Waals surface area contributed by atoms with Crippen molar-refractivity contribution >= 4 is 38.4 Å². The zero-order valence-electron chi connectivity index (χ0n) is 16.4. The fourth-order valence-electron chi connectivity index (χ4n) is 3.07. The van der Waals surface area contributed by atoms with Crippen molar-refractivity contribution in [2.45, 2.75) is 31.7 Å². The number of ether oxygens (including phenoxy) is 1. The highest BCUT2D eigenvalue weighted by Crippen LogP contribution is 2.37. The molecule has 1 aliphatic rings. The Balaban J connectivity index is 1.84. The van der Waals surface area contributed by atoms with Gasteiger partial charge in [-0.25, -0.2) is 22.7 Å². The number of amides is 2. The van der Waals surface area contributed by atoms with Gasteiger partial charge in [-0.1, -0.05) is 17.7 Å². The Hall–Kier alpha value is -2.43. The molecule has 0 spiro atoms. The summed E-state index contributed by atoms with van der Waals surface area (Å²) in [5.74, 6) is -0.522. The number of sulfonamides is 1. The number of aryl methyl sites for hydroxylation is 1. The van der Waals surface area contributed by atoms with Crippen LogP contribution in [0.5, 0.6) is 0 Å². The van der Waals surface area contributed by atoms with E-state index in [1.54, 1.807) is 19.1 Å². The first-order valence-electron chi connectivity index (χ1n) is 9.12. The van der Waals surface area contributed by atoms with E-state index in [2.05, 4.69) is 10.2 Å². The lowest BCUT2D eigenvalue weighted by molar-refractivity contribution is 0.0526. The topological polar surface area (TPSA) is 105 Å². The summed E-state index contributed by atoms with van der Waals surface area (Å²) in [6.07, 6.45) is 0.654. The van der Waals surface area contributed by atoms with Gasteiger partial charge in [0, 0.05) is 18.0 Å². The Morgan fingerprint density at radius 2 is 1.93 bits per heavy atom. The quantitative estimate of drug-likeness (QED) is 0.697. The van der Waals surface area contributed by atoms with E-state index in [9.17, 15) is 18.0 Å². The Bertz CT molecular complexity index is 1030. The van der Waals surface area contributed by atoms with Gasteiger partial charge in [0.25, 0.3) is 10.0 Å². The molecule has 0 bridgehead atoms. The molecule has 3 rings (SSSR count). The highest BCUT2D eigenvalue weighted by molar-refractivity contribution is 7.90. The van der Waals surface area contributed by atoms with E-state index >= 15 is 0 Å². The molecule has 0 aliphatic carbocycles. The maximum Gasteiger partial charge on any atom is 0.341 e. The van der Waals surface area contributed by atoms with Gasteiger partial charge in [-0.05, 0) is 45.0 Å². The largest absolute Gasteiger partial charge is 0.462 e. The number of nitrogens with zero attached hydrogens (tertiary/aromatic N) is 1. The number of carbonyl (C=O) groups is 2. The molecule has 1 aromatic carbocycles. The Kier molecular flexibility index (Phi) is 6.25. The van der Waals surface area contributed by atoms with Crippen LogP contribution < -0.4 is 10.0 Å². The molecule has 2 heterocycles. The Morgan fingerprint density at radius 3 is 2.59 bits per heavy atom. The lowest BCUT2D eigenvalue weighted by Crippen LogP contribution is -2.34. The summed E-state index contributed by atoms with van der Waals surface area (Å²) in [5, 5.41) is 2.82. The lowest BCUT2D eigenvalue weighted by atomic mass is 10.0. The fourth-order valence-corrected chi connectivity index (χ4v) is 5.28. The van der Waals surface area contributed by atoms with Crippen LogP contribution in [0.25, 0.3) is 0 Å². The number of carbonyl (C=O) groups excluding carboxylic acids is 2. The molecule has 0 saturated heterocycles. The van der Waals surface area contributed by atoms with Gasteiger partial charge >= 0.3 is 12.0 Å². The first kappa shape index (κ1) is 21.3. The van der Waals surface area contributed by atoms with Crippen molar-refractivity contribution in [1.82, 2.24) is 9.62 Å². The number of rotatable bonds is 5. The number of hydrogen-bond acceptors (Lipinski definition) is 7. The Labute approximate surface area is 173 Å². The van der Waals surface area contributed by atoms with Crippen LogP contribution >= 0.6 is 11.3 Å². The fraction of sp³-hybridized carbons (Fsp3) is 0.368. The highest BCUT2D eigenvalue weighted by Gasteiger charge is 2.29. The van der Waals surface area contributed by atoms with Crippen LogP contribution in [0.15, 0.2) is 29.2 Å². The number of urea groups is 1. The predicted octanol–water partition coefficient (Wildman–Crippen LogP) is 2.73. The van der Waals surface area contributed by atoms with Gasteiger partial charge in [-0.2, -0.15) is 0 Å². The summed E-state index contributed by atoms with van der Waals surface area (Å²) in [6.45, 7) is 5.18. The van der Waals surface area contributed by atoms with Crippen LogP contribution in [0.1, 0.15) is 33.3 Å². The van der Waals surface area contributed by atoms with Gasteiger partial charge in [0.05, 0.1) is 17.1 Å². The second kappa shape index (κ2) is 8.52. The molecule has 2 aromatic rings. The van der Waals surface area contributed by atoms with Crippen molar-refractivity contribution in [3.05, 3.63) is 45.8 Å². The van der Waals surface area contributed by atoms with Crippen molar-refractivity contribution in [2.75, 3.05) is 25.5 Å². The molecular formula is C19H23N3O5S2. The maximum atomic E-state index is 12.5. The summed E-state index contributed by atoms with van der Waals surface area (Å²) in [4.78, 5) is 28.0. The smallest absolute Gasteiger partial charge is 0.341 e. The van der Waals surface area contributed by atoms with Crippen molar-refractivity contribution in [2.24, 2.45) is 0 Å². The lowest BCUT2D eigenvalue weighted by Gasteiger charge is -2.22. The number of anilines is 1. The van der Waals surface area contributed by atoms with E-state index in [1.165, 1.54) is 23.5 Å². The minimum atomic E-state index is -4.03. The maximum absolute atomic E-state index is 12.5. The average molecular weight is 438 g/mol. The van der Waals surface area contributed by atoms with Crippen LogP contribution in [0.2, 0.25) is 0 Å². The van der Waals surface area contributed by atoms with Crippen LogP contribution in [0.3, 0.4) is 0 Å². The minimum Gasteiger partial charge on any atom is -0.462 e. The third-order valence-corrected chi connectivity index (χ3v) is 6.99. The SMILES string of the molecule is CCOC(=O)c1c(NC(=O)NS(=O)(=O)c2ccc(C)cc2)sc2c1CCN(C)C2. The van der Waals surface area contributed by atoms with Gasteiger partial charge in [0.1, 0.15) is 5.00 Å².